The van der Waals surface area contributed by atoms with Gasteiger partial charge in [0.2, 0.25) is 0 Å². The van der Waals surface area contributed by atoms with Crippen molar-refractivity contribution in [2.24, 2.45) is 0 Å². The molecule has 0 spiro atoms. The number of hydrogen-bond donors (Lipinski definition) is 1. The van der Waals surface area contributed by atoms with Crippen LogP contribution in [-0.2, 0) is 16.0 Å². The zero-order chi connectivity index (χ0) is 17.1. The van der Waals surface area contributed by atoms with E-state index >= 15 is 0 Å². The van der Waals surface area contributed by atoms with Crippen molar-refractivity contribution in [1.82, 2.24) is 4.98 Å². The number of carbonyl (C=O) groups is 2. The van der Waals surface area contributed by atoms with Gasteiger partial charge in [-0.1, -0.05) is 36.1 Å². The third-order valence-electron chi connectivity index (χ3n) is 3.35. The molecule has 0 unspecified atom stereocenters. The molecule has 0 bridgehead atoms. The molecule has 1 saturated heterocycles. The van der Waals surface area contributed by atoms with Crippen molar-refractivity contribution >= 4 is 51.9 Å². The first-order chi connectivity index (χ1) is 11.5. The lowest BCUT2D eigenvalue weighted by Crippen LogP contribution is -2.27. The van der Waals surface area contributed by atoms with Crippen molar-refractivity contribution in [2.45, 2.75) is 6.42 Å². The van der Waals surface area contributed by atoms with Crippen molar-refractivity contribution in [3.8, 4) is 0 Å². The summed E-state index contributed by atoms with van der Waals surface area (Å²) >= 11 is 6.56. The maximum absolute atomic E-state index is 12.6. The Balaban J connectivity index is 1.84. The van der Waals surface area contributed by atoms with Gasteiger partial charge in [0.15, 0.2) is 4.32 Å². The second-order valence-corrected chi connectivity index (χ2v) is 6.71. The Labute approximate surface area is 148 Å². The minimum absolute atomic E-state index is 0.0549. The smallest absolute Gasteiger partial charge is 0.307 e. The maximum atomic E-state index is 12.6. The van der Waals surface area contributed by atoms with Gasteiger partial charge in [-0.2, -0.15) is 0 Å². The summed E-state index contributed by atoms with van der Waals surface area (Å²) in [7, 11) is 0. The van der Waals surface area contributed by atoms with Gasteiger partial charge in [0.05, 0.1) is 17.0 Å². The van der Waals surface area contributed by atoms with Gasteiger partial charge in [-0.05, 0) is 41.5 Å². The summed E-state index contributed by atoms with van der Waals surface area (Å²) in [5, 5.41) is 8.81. The van der Waals surface area contributed by atoms with E-state index in [0.717, 1.165) is 5.56 Å². The zero-order valence-electron chi connectivity index (χ0n) is 12.4. The lowest BCUT2D eigenvalue weighted by Gasteiger charge is -2.14. The largest absolute Gasteiger partial charge is 0.481 e. The third-order valence-corrected chi connectivity index (χ3v) is 4.65. The highest BCUT2D eigenvalue weighted by Gasteiger charge is 2.33. The fourth-order valence-electron chi connectivity index (χ4n) is 2.24. The van der Waals surface area contributed by atoms with Gasteiger partial charge >= 0.3 is 5.97 Å². The van der Waals surface area contributed by atoms with E-state index in [1.54, 1.807) is 42.7 Å². The van der Waals surface area contributed by atoms with Crippen LogP contribution in [0.25, 0.3) is 6.08 Å². The molecular weight excluding hydrogens is 344 g/mol. The molecule has 1 aromatic heterocycles. The SMILES string of the molecule is O=C(O)Cc1ccc(N2C(=O)/C(=C\c3ccncc3)SC2=S)cc1. The highest BCUT2D eigenvalue weighted by Crippen LogP contribution is 2.36. The first-order valence-electron chi connectivity index (χ1n) is 7.03. The number of rotatable bonds is 4. The molecule has 1 aliphatic heterocycles. The topological polar surface area (TPSA) is 70.5 Å². The molecule has 7 heteroatoms. The normalized spacial score (nSPS) is 16.0. The Kier molecular flexibility index (Phi) is 4.73. The summed E-state index contributed by atoms with van der Waals surface area (Å²) in [5.41, 5.74) is 2.18. The van der Waals surface area contributed by atoms with E-state index in [0.29, 0.717) is 20.5 Å². The van der Waals surface area contributed by atoms with Crippen LogP contribution in [0.4, 0.5) is 5.69 Å². The number of benzene rings is 1. The van der Waals surface area contributed by atoms with Gasteiger partial charge in [-0.25, -0.2) is 0 Å². The molecule has 120 valence electrons. The summed E-state index contributed by atoms with van der Waals surface area (Å²) in [6, 6.07) is 10.4. The van der Waals surface area contributed by atoms with E-state index in [4.69, 9.17) is 17.3 Å². The summed E-state index contributed by atoms with van der Waals surface area (Å²) in [5.74, 6) is -1.08. The number of nitrogens with zero attached hydrogens (tertiary/aromatic N) is 2. The number of pyridine rings is 1. The van der Waals surface area contributed by atoms with E-state index in [1.807, 2.05) is 12.1 Å². The number of amides is 1. The van der Waals surface area contributed by atoms with Crippen LogP contribution in [0.3, 0.4) is 0 Å². The van der Waals surface area contributed by atoms with Crippen LogP contribution < -0.4 is 4.90 Å². The molecule has 1 aromatic carbocycles. The van der Waals surface area contributed by atoms with E-state index < -0.39 is 5.97 Å². The number of hydrogen-bond acceptors (Lipinski definition) is 5. The monoisotopic (exact) mass is 356 g/mol. The number of anilines is 1. The van der Waals surface area contributed by atoms with Gasteiger partial charge in [-0.3, -0.25) is 19.5 Å². The van der Waals surface area contributed by atoms with Crippen LogP contribution >= 0.6 is 24.0 Å². The van der Waals surface area contributed by atoms with E-state index in [1.165, 1.54) is 16.7 Å². The summed E-state index contributed by atoms with van der Waals surface area (Å²) in [4.78, 5) is 29.3. The van der Waals surface area contributed by atoms with Crippen molar-refractivity contribution in [2.75, 3.05) is 4.90 Å². The number of thiocarbonyl (C=S) groups is 1. The number of carboxylic acids is 1. The minimum atomic E-state index is -0.895. The second kappa shape index (κ2) is 6.94. The average Bonchev–Trinajstić information content (AvgIpc) is 2.83. The van der Waals surface area contributed by atoms with Gasteiger partial charge in [0.25, 0.3) is 5.91 Å². The van der Waals surface area contributed by atoms with Crippen LogP contribution in [0, 0.1) is 0 Å². The molecule has 1 fully saturated rings. The number of aromatic nitrogens is 1. The molecule has 1 amide bonds. The van der Waals surface area contributed by atoms with E-state index in [-0.39, 0.29) is 12.3 Å². The van der Waals surface area contributed by atoms with Crippen LogP contribution in [0.15, 0.2) is 53.7 Å². The Bertz CT molecular complexity index is 833. The van der Waals surface area contributed by atoms with Crippen molar-refractivity contribution < 1.29 is 14.7 Å². The molecule has 24 heavy (non-hydrogen) atoms. The Morgan fingerprint density at radius 2 is 1.88 bits per heavy atom. The van der Waals surface area contributed by atoms with Gasteiger partial charge in [-0.15, -0.1) is 0 Å². The summed E-state index contributed by atoms with van der Waals surface area (Å²) < 4.78 is 0.450. The summed E-state index contributed by atoms with van der Waals surface area (Å²) in [6.45, 7) is 0. The number of carbonyl (C=O) groups excluding carboxylic acids is 1. The van der Waals surface area contributed by atoms with Crippen molar-refractivity contribution in [1.29, 1.82) is 0 Å². The number of aliphatic carboxylic acids is 1. The molecule has 1 N–H and O–H groups in total. The fourth-order valence-corrected chi connectivity index (χ4v) is 3.54. The third kappa shape index (κ3) is 3.52. The van der Waals surface area contributed by atoms with Crippen LogP contribution in [-0.4, -0.2) is 26.3 Å². The molecule has 2 heterocycles. The predicted molar refractivity (Wildman–Crippen MR) is 97.7 cm³/mol. The molecular formula is C17H12N2O3S2. The fraction of sp³-hybridized carbons (Fsp3) is 0.0588. The molecule has 1 aliphatic rings. The highest BCUT2D eigenvalue weighted by atomic mass is 32.2. The minimum Gasteiger partial charge on any atom is -0.481 e. The maximum Gasteiger partial charge on any atom is 0.307 e. The second-order valence-electron chi connectivity index (χ2n) is 5.03. The van der Waals surface area contributed by atoms with Gasteiger partial charge < -0.3 is 5.11 Å². The van der Waals surface area contributed by atoms with Crippen molar-refractivity contribution in [3.05, 3.63) is 64.8 Å². The lowest BCUT2D eigenvalue weighted by atomic mass is 10.1. The van der Waals surface area contributed by atoms with Crippen molar-refractivity contribution in [3.63, 3.8) is 0 Å². The molecule has 2 aromatic rings. The molecule has 5 nitrogen and oxygen atoms in total. The molecule has 0 atom stereocenters. The van der Waals surface area contributed by atoms with E-state index in [2.05, 4.69) is 4.98 Å². The molecule has 3 rings (SSSR count). The Morgan fingerprint density at radius 3 is 2.50 bits per heavy atom. The highest BCUT2D eigenvalue weighted by molar-refractivity contribution is 8.27. The molecule has 0 saturated carbocycles. The first kappa shape index (κ1) is 16.4. The van der Waals surface area contributed by atoms with Crippen LogP contribution in [0.1, 0.15) is 11.1 Å². The first-order valence-corrected chi connectivity index (χ1v) is 8.26. The number of thioether (sulfide) groups is 1. The van der Waals surface area contributed by atoms with Gasteiger partial charge in [0, 0.05) is 12.4 Å². The Morgan fingerprint density at radius 1 is 1.21 bits per heavy atom. The summed E-state index contributed by atoms with van der Waals surface area (Å²) in [6.07, 6.45) is 5.04. The quantitative estimate of drug-likeness (QED) is 0.670. The molecule has 0 aliphatic carbocycles. The average molecular weight is 356 g/mol. The van der Waals surface area contributed by atoms with Crippen LogP contribution in [0.5, 0.6) is 0 Å². The lowest BCUT2D eigenvalue weighted by molar-refractivity contribution is -0.136. The molecule has 0 radical (unpaired) electrons. The Hall–Kier alpha value is -2.51. The zero-order valence-corrected chi connectivity index (χ0v) is 14.0. The van der Waals surface area contributed by atoms with E-state index in [9.17, 15) is 9.59 Å². The predicted octanol–water partition coefficient (Wildman–Crippen LogP) is 3.11. The standard InChI is InChI=1S/C17H12N2O3S2/c20-15(21)10-11-1-3-13(4-2-11)19-16(22)14(24-17(19)23)9-12-5-7-18-8-6-12/h1-9H,10H2,(H,20,21)/b14-9+. The van der Waals surface area contributed by atoms with Crippen LogP contribution in [0.2, 0.25) is 0 Å². The van der Waals surface area contributed by atoms with Gasteiger partial charge in [0.1, 0.15) is 0 Å². The number of carboxylic acid groups (broad SMARTS) is 1.